The van der Waals surface area contributed by atoms with Crippen molar-refractivity contribution in [3.63, 3.8) is 0 Å². The van der Waals surface area contributed by atoms with Crippen LogP contribution in [0.1, 0.15) is 54.4 Å². The Balaban J connectivity index is 1.44. The normalized spacial score (nSPS) is 16.4. The fraction of sp³-hybridized carbons (Fsp3) is 0.391. The Bertz CT molecular complexity index is 1280. The summed E-state index contributed by atoms with van der Waals surface area (Å²) in [6, 6.07) is 7.36. The Morgan fingerprint density at radius 3 is 2.44 bits per heavy atom. The van der Waals surface area contributed by atoms with E-state index in [1.165, 1.54) is 0 Å². The number of aromatic hydroxyl groups is 1. The Morgan fingerprint density at radius 2 is 1.82 bits per heavy atom. The number of carbonyl (C=O) groups is 1. The molecule has 4 N–H and O–H groups in total. The van der Waals surface area contributed by atoms with Gasteiger partial charge in [0.15, 0.2) is 0 Å². The van der Waals surface area contributed by atoms with Gasteiger partial charge < -0.3 is 25.2 Å². The molecule has 1 amide bonds. The number of halogens is 1. The van der Waals surface area contributed by atoms with Crippen LogP contribution in [0, 0.1) is 0 Å². The summed E-state index contributed by atoms with van der Waals surface area (Å²) >= 11 is 6.03. The monoisotopic (exact) mass is 483 g/mol. The average molecular weight is 484 g/mol. The summed E-state index contributed by atoms with van der Waals surface area (Å²) in [6.07, 6.45) is 1.40. The lowest BCUT2D eigenvalue weighted by atomic mass is 9.94. The van der Waals surface area contributed by atoms with Crippen LogP contribution in [0.5, 0.6) is 5.88 Å². The summed E-state index contributed by atoms with van der Waals surface area (Å²) in [4.78, 5) is 43.0. The molecule has 11 heteroatoms. The number of benzene rings is 1. The molecule has 178 valence electrons. The number of nitrogens with zero attached hydrogens (tertiary/aromatic N) is 4. The molecule has 0 aliphatic carbocycles. The van der Waals surface area contributed by atoms with E-state index in [2.05, 4.69) is 20.3 Å². The molecule has 2 aliphatic heterocycles. The number of aromatic amines is 2. The number of fused-ring (bicyclic) bond motifs is 1. The van der Waals surface area contributed by atoms with Crippen molar-refractivity contribution in [3.8, 4) is 5.88 Å². The first-order valence-corrected chi connectivity index (χ1v) is 11.7. The first kappa shape index (κ1) is 22.3. The Morgan fingerprint density at radius 1 is 1.12 bits per heavy atom. The highest BCUT2D eigenvalue weighted by Gasteiger charge is 2.35. The van der Waals surface area contributed by atoms with Crippen LogP contribution in [0.4, 0.5) is 17.5 Å². The highest BCUT2D eigenvalue weighted by molar-refractivity contribution is 6.30. The van der Waals surface area contributed by atoms with Gasteiger partial charge in [-0.25, -0.2) is 9.78 Å². The zero-order chi connectivity index (χ0) is 24.0. The number of nitrogens with one attached hydrogen (secondary N) is 3. The third kappa shape index (κ3) is 4.09. The van der Waals surface area contributed by atoms with Crippen LogP contribution in [0.2, 0.25) is 5.02 Å². The van der Waals surface area contributed by atoms with Gasteiger partial charge in [0, 0.05) is 41.3 Å². The number of piperidine rings is 1. The molecule has 0 spiro atoms. The molecule has 0 atom stereocenters. The Labute approximate surface area is 201 Å². The van der Waals surface area contributed by atoms with Crippen molar-refractivity contribution in [1.29, 1.82) is 0 Å². The maximum atomic E-state index is 13.1. The fourth-order valence-electron chi connectivity index (χ4n) is 4.56. The molecular weight excluding hydrogens is 458 g/mol. The summed E-state index contributed by atoms with van der Waals surface area (Å²) in [5.74, 6) is 0.908. The Hall–Kier alpha value is -3.53. The molecule has 2 aliphatic rings. The maximum Gasteiger partial charge on any atom is 0.325 e. The van der Waals surface area contributed by atoms with Crippen molar-refractivity contribution >= 4 is 35.0 Å². The Kier molecular flexibility index (Phi) is 5.68. The summed E-state index contributed by atoms with van der Waals surface area (Å²) < 4.78 is 0. The molecule has 0 radical (unpaired) electrons. The third-order valence-electron chi connectivity index (χ3n) is 6.44. The summed E-state index contributed by atoms with van der Waals surface area (Å²) in [6.45, 7) is 5.66. The van der Waals surface area contributed by atoms with Crippen molar-refractivity contribution in [2.75, 3.05) is 23.3 Å². The second-order valence-corrected chi connectivity index (χ2v) is 9.40. The van der Waals surface area contributed by atoms with E-state index in [0.29, 0.717) is 60.7 Å². The van der Waals surface area contributed by atoms with Crippen LogP contribution in [-0.2, 0) is 6.54 Å². The molecule has 0 bridgehead atoms. The van der Waals surface area contributed by atoms with Gasteiger partial charge in [-0.15, -0.1) is 0 Å². The van der Waals surface area contributed by atoms with E-state index >= 15 is 0 Å². The SMILES string of the molecule is CC(C)N1Cc2c(Nc3ccc(Cl)cc3)nc(N3CCC(c4[nH]c(=O)[nH]c4O)CC3)nc2C1=O. The molecule has 3 aromatic rings. The standard InChI is InChI=1S/C23H26ClN7O3/c1-12(2)31-11-16-18(21(31)33)26-22(28-19(16)25-15-5-3-14(24)4-6-15)30-9-7-13(8-10-30)17-20(32)29-23(34)27-17/h3-6,12-13,32H,7-11H2,1-2H3,(H,25,26,28)(H2,27,29,34). The van der Waals surface area contributed by atoms with Crippen molar-refractivity contribution in [2.24, 2.45) is 0 Å². The fourth-order valence-corrected chi connectivity index (χ4v) is 4.69. The van der Waals surface area contributed by atoms with E-state index in [9.17, 15) is 14.7 Å². The molecule has 10 nitrogen and oxygen atoms in total. The number of H-pyrrole nitrogens is 2. The average Bonchev–Trinajstić information content (AvgIpc) is 3.34. The first-order valence-electron chi connectivity index (χ1n) is 11.3. The van der Waals surface area contributed by atoms with E-state index in [4.69, 9.17) is 16.6 Å². The zero-order valence-electron chi connectivity index (χ0n) is 18.9. The van der Waals surface area contributed by atoms with Gasteiger partial charge in [-0.1, -0.05) is 11.6 Å². The number of amides is 1. The molecule has 2 aromatic heterocycles. The molecule has 0 unspecified atom stereocenters. The van der Waals surface area contributed by atoms with Crippen LogP contribution in [0.25, 0.3) is 0 Å². The zero-order valence-corrected chi connectivity index (χ0v) is 19.7. The number of aromatic nitrogens is 4. The second-order valence-electron chi connectivity index (χ2n) is 8.96. The van der Waals surface area contributed by atoms with Gasteiger partial charge in [0.05, 0.1) is 12.2 Å². The first-order chi connectivity index (χ1) is 16.3. The number of hydrogen-bond donors (Lipinski definition) is 4. The van der Waals surface area contributed by atoms with Gasteiger partial charge >= 0.3 is 5.69 Å². The molecule has 1 saturated heterocycles. The third-order valence-corrected chi connectivity index (χ3v) is 6.69. The van der Waals surface area contributed by atoms with E-state index in [1.54, 1.807) is 17.0 Å². The topological polar surface area (TPSA) is 130 Å². The van der Waals surface area contributed by atoms with Crippen molar-refractivity contribution in [2.45, 2.75) is 45.2 Å². The van der Waals surface area contributed by atoms with E-state index in [-0.39, 0.29) is 23.7 Å². The minimum Gasteiger partial charge on any atom is -0.493 e. The highest BCUT2D eigenvalue weighted by atomic mass is 35.5. The predicted octanol–water partition coefficient (Wildman–Crippen LogP) is 3.34. The van der Waals surface area contributed by atoms with Crippen LogP contribution < -0.4 is 15.9 Å². The van der Waals surface area contributed by atoms with Crippen molar-refractivity contribution in [1.82, 2.24) is 24.8 Å². The minimum atomic E-state index is -0.414. The summed E-state index contributed by atoms with van der Waals surface area (Å²) in [7, 11) is 0. The van der Waals surface area contributed by atoms with Gasteiger partial charge in [-0.05, 0) is 51.0 Å². The lowest BCUT2D eigenvalue weighted by molar-refractivity contribution is 0.0726. The largest absolute Gasteiger partial charge is 0.493 e. The lowest BCUT2D eigenvalue weighted by Crippen LogP contribution is -2.35. The van der Waals surface area contributed by atoms with Crippen LogP contribution in [0.3, 0.4) is 0 Å². The number of rotatable bonds is 5. The number of carbonyl (C=O) groups excluding carboxylic acids is 1. The van der Waals surface area contributed by atoms with Crippen LogP contribution in [-0.4, -0.2) is 55.0 Å². The molecular formula is C23H26ClN7O3. The van der Waals surface area contributed by atoms with Crippen molar-refractivity contribution < 1.29 is 9.90 Å². The number of hydrogen-bond acceptors (Lipinski definition) is 7. The van der Waals surface area contributed by atoms with Gasteiger partial charge in [0.2, 0.25) is 11.8 Å². The summed E-state index contributed by atoms with van der Waals surface area (Å²) in [5.41, 5.74) is 2.14. The summed E-state index contributed by atoms with van der Waals surface area (Å²) in [5, 5.41) is 14.0. The van der Waals surface area contributed by atoms with Crippen LogP contribution >= 0.6 is 11.6 Å². The molecule has 0 saturated carbocycles. The smallest absolute Gasteiger partial charge is 0.325 e. The van der Waals surface area contributed by atoms with Gasteiger partial charge in [-0.3, -0.25) is 9.78 Å². The van der Waals surface area contributed by atoms with Crippen LogP contribution in [0.15, 0.2) is 29.1 Å². The number of imidazole rings is 1. The highest BCUT2D eigenvalue weighted by Crippen LogP contribution is 2.35. The van der Waals surface area contributed by atoms with E-state index < -0.39 is 5.69 Å². The van der Waals surface area contributed by atoms with Gasteiger partial charge in [0.25, 0.3) is 5.91 Å². The molecule has 34 heavy (non-hydrogen) atoms. The molecule has 1 fully saturated rings. The molecule has 5 rings (SSSR count). The van der Waals surface area contributed by atoms with Crippen molar-refractivity contribution in [3.05, 3.63) is 56.7 Å². The molecule has 1 aromatic carbocycles. The quantitative estimate of drug-likeness (QED) is 0.437. The predicted molar refractivity (Wildman–Crippen MR) is 129 cm³/mol. The lowest BCUT2D eigenvalue weighted by Gasteiger charge is -2.31. The maximum absolute atomic E-state index is 13.1. The van der Waals surface area contributed by atoms with Gasteiger partial charge in [-0.2, -0.15) is 4.98 Å². The number of anilines is 3. The second kappa shape index (κ2) is 8.68. The van der Waals surface area contributed by atoms with Gasteiger partial charge in [0.1, 0.15) is 11.5 Å². The molecule has 4 heterocycles. The van der Waals surface area contributed by atoms with E-state index in [1.807, 2.05) is 30.9 Å². The van der Waals surface area contributed by atoms with E-state index in [0.717, 1.165) is 11.3 Å². The minimum absolute atomic E-state index is 0.0226.